The van der Waals surface area contributed by atoms with Gasteiger partial charge in [0.25, 0.3) is 0 Å². The molecule has 0 spiro atoms. The van der Waals surface area contributed by atoms with Crippen LogP contribution in [0, 0.1) is 12.3 Å². The van der Waals surface area contributed by atoms with Crippen molar-refractivity contribution in [3.05, 3.63) is 0 Å². The summed E-state index contributed by atoms with van der Waals surface area (Å²) in [6.45, 7) is 0. The molecule has 1 aliphatic carbocycles. The van der Waals surface area contributed by atoms with Gasteiger partial charge in [-0.25, -0.2) is 4.39 Å². The van der Waals surface area contributed by atoms with Gasteiger partial charge in [-0.3, -0.25) is 4.79 Å². The molecule has 0 unspecified atom stereocenters. The summed E-state index contributed by atoms with van der Waals surface area (Å²) >= 11 is 0. The summed E-state index contributed by atoms with van der Waals surface area (Å²) < 4.78 is 12.4. The summed E-state index contributed by atoms with van der Waals surface area (Å²) in [6.07, 6.45) is 5.29. The van der Waals surface area contributed by atoms with Crippen LogP contribution in [0.25, 0.3) is 0 Å². The van der Waals surface area contributed by atoms with Crippen molar-refractivity contribution in [1.29, 1.82) is 0 Å². The summed E-state index contributed by atoms with van der Waals surface area (Å²) in [7, 11) is 0. The molecule has 0 heterocycles. The zero-order chi connectivity index (χ0) is 6.20. The minimum atomic E-state index is -1.62. The second-order valence-corrected chi connectivity index (χ2v) is 1.94. The Morgan fingerprint density at radius 1 is 1.75 bits per heavy atom. The predicted molar refractivity (Wildman–Crippen MR) is 26.9 cm³/mol. The van der Waals surface area contributed by atoms with E-state index in [1.165, 1.54) is 0 Å². The Labute approximate surface area is 46.9 Å². The van der Waals surface area contributed by atoms with E-state index < -0.39 is 11.5 Å². The Bertz CT molecular complexity index is 162. The molecule has 0 aromatic heterocycles. The summed E-state index contributed by atoms with van der Waals surface area (Å²) in [5.74, 6) is 1.06. The van der Waals surface area contributed by atoms with E-state index in [0.717, 1.165) is 0 Å². The van der Waals surface area contributed by atoms with Crippen LogP contribution in [0.1, 0.15) is 12.8 Å². The topological polar surface area (TPSA) is 17.1 Å². The number of carbonyl (C=O) groups excluding carboxylic acids is 1. The molecule has 0 atom stereocenters. The van der Waals surface area contributed by atoms with E-state index in [4.69, 9.17) is 0 Å². The average Bonchev–Trinajstić information content (AvgIpc) is 2.47. The molecule has 0 radical (unpaired) electrons. The Hall–Kier alpha value is -0.840. The van der Waals surface area contributed by atoms with E-state index in [1.54, 1.807) is 5.92 Å². The minimum Gasteiger partial charge on any atom is -0.281 e. The van der Waals surface area contributed by atoms with Gasteiger partial charge >= 0.3 is 0 Å². The molecule has 2 heteroatoms. The number of hydrogen-bond acceptors (Lipinski definition) is 1. The molecular weight excluding hydrogens is 107 g/mol. The van der Waals surface area contributed by atoms with E-state index in [9.17, 15) is 9.18 Å². The number of terminal acetylenes is 1. The van der Waals surface area contributed by atoms with Gasteiger partial charge in [-0.1, -0.05) is 0 Å². The van der Waals surface area contributed by atoms with Gasteiger partial charge in [0, 0.05) is 0 Å². The van der Waals surface area contributed by atoms with Crippen molar-refractivity contribution in [2.24, 2.45) is 0 Å². The lowest BCUT2D eigenvalue weighted by atomic mass is 10.2. The van der Waals surface area contributed by atoms with Gasteiger partial charge in [-0.2, -0.15) is 0 Å². The monoisotopic (exact) mass is 112 g/mol. The molecule has 0 aromatic rings. The van der Waals surface area contributed by atoms with Crippen molar-refractivity contribution in [2.75, 3.05) is 0 Å². The molecule has 1 saturated carbocycles. The lowest BCUT2D eigenvalue weighted by Crippen LogP contribution is -2.13. The first kappa shape index (κ1) is 5.30. The van der Waals surface area contributed by atoms with Gasteiger partial charge in [0.15, 0.2) is 5.67 Å². The Morgan fingerprint density at radius 3 is 2.38 bits per heavy atom. The van der Waals surface area contributed by atoms with Crippen LogP contribution >= 0.6 is 0 Å². The molecule has 42 valence electrons. The van der Waals surface area contributed by atoms with E-state index in [1.807, 2.05) is 0 Å². The maximum Gasteiger partial charge on any atom is 0.242 e. The zero-order valence-electron chi connectivity index (χ0n) is 4.28. The molecule has 0 aliphatic heterocycles. The number of halogens is 1. The second-order valence-electron chi connectivity index (χ2n) is 1.94. The quantitative estimate of drug-likeness (QED) is 0.360. The van der Waals surface area contributed by atoms with Gasteiger partial charge in [0.1, 0.15) is 0 Å². The van der Waals surface area contributed by atoms with Crippen molar-refractivity contribution in [3.63, 3.8) is 0 Å². The van der Waals surface area contributed by atoms with Crippen molar-refractivity contribution in [1.82, 2.24) is 0 Å². The van der Waals surface area contributed by atoms with E-state index >= 15 is 0 Å². The first-order valence-corrected chi connectivity index (χ1v) is 2.39. The molecule has 0 bridgehead atoms. The number of alkyl halides is 1. The second kappa shape index (κ2) is 1.32. The number of carbonyl (C=O) groups is 1. The maximum absolute atomic E-state index is 12.4. The highest BCUT2D eigenvalue weighted by molar-refractivity contribution is 6.03. The highest BCUT2D eigenvalue weighted by atomic mass is 19.1. The minimum absolute atomic E-state index is 0.316. The number of hydrogen-bond donors (Lipinski definition) is 0. The highest BCUT2D eigenvalue weighted by Crippen LogP contribution is 2.40. The zero-order valence-corrected chi connectivity index (χ0v) is 4.28. The molecule has 0 N–H and O–H groups in total. The molecule has 0 saturated heterocycles. The van der Waals surface area contributed by atoms with Gasteiger partial charge in [-0.05, 0) is 18.8 Å². The third-order valence-electron chi connectivity index (χ3n) is 1.23. The fraction of sp³-hybridized carbons (Fsp3) is 0.500. The van der Waals surface area contributed by atoms with Crippen LogP contribution in [0.3, 0.4) is 0 Å². The molecule has 1 fully saturated rings. The normalized spacial score (nSPS) is 21.5. The lowest BCUT2D eigenvalue weighted by Gasteiger charge is -1.91. The Kier molecular flexibility index (Phi) is 0.872. The molecule has 0 aromatic carbocycles. The van der Waals surface area contributed by atoms with Crippen molar-refractivity contribution < 1.29 is 9.18 Å². The lowest BCUT2D eigenvalue weighted by molar-refractivity contribution is -0.119. The van der Waals surface area contributed by atoms with Crippen molar-refractivity contribution in [3.8, 4) is 12.3 Å². The third kappa shape index (κ3) is 0.604. The smallest absolute Gasteiger partial charge is 0.242 e. The Balaban J connectivity index is 2.63. The standard InChI is InChI=1S/C6H5FO/c1-2-5(8)6(7)3-4-6/h1H,3-4H2. The Morgan fingerprint density at radius 2 is 2.25 bits per heavy atom. The van der Waals surface area contributed by atoms with E-state index in [0.29, 0.717) is 12.8 Å². The SMILES string of the molecule is C#CC(=O)C1(F)CC1. The molecule has 1 nitrogen and oxygen atoms in total. The van der Waals surface area contributed by atoms with Gasteiger partial charge in [0.05, 0.1) is 0 Å². The van der Waals surface area contributed by atoms with Gasteiger partial charge < -0.3 is 0 Å². The third-order valence-corrected chi connectivity index (χ3v) is 1.23. The van der Waals surface area contributed by atoms with E-state index in [2.05, 4.69) is 6.42 Å². The van der Waals surface area contributed by atoms with Gasteiger partial charge in [-0.15, -0.1) is 6.42 Å². The first-order valence-electron chi connectivity index (χ1n) is 2.39. The van der Waals surface area contributed by atoms with Crippen LogP contribution in [0.4, 0.5) is 4.39 Å². The number of Topliss-reactive ketones (excluding diaryl/α,β-unsaturated/α-hetero) is 1. The largest absolute Gasteiger partial charge is 0.281 e. The number of ketones is 1. The van der Waals surface area contributed by atoms with Crippen LogP contribution in [0.15, 0.2) is 0 Å². The summed E-state index contributed by atoms with van der Waals surface area (Å²) in [5, 5.41) is 0. The van der Waals surface area contributed by atoms with Gasteiger partial charge in [0.2, 0.25) is 5.78 Å². The molecule has 1 aliphatic rings. The van der Waals surface area contributed by atoms with Crippen LogP contribution in [-0.2, 0) is 4.79 Å². The van der Waals surface area contributed by atoms with Crippen LogP contribution in [0.2, 0.25) is 0 Å². The maximum atomic E-state index is 12.4. The highest BCUT2D eigenvalue weighted by Gasteiger charge is 2.49. The van der Waals surface area contributed by atoms with E-state index in [-0.39, 0.29) is 0 Å². The molecule has 8 heavy (non-hydrogen) atoms. The molecule has 0 amide bonds. The fourth-order valence-corrected chi connectivity index (χ4v) is 0.466. The predicted octanol–water partition coefficient (Wildman–Crippen LogP) is 0.691. The van der Waals surface area contributed by atoms with Crippen LogP contribution in [0.5, 0.6) is 0 Å². The first-order chi connectivity index (χ1) is 3.69. The van der Waals surface area contributed by atoms with Crippen molar-refractivity contribution >= 4 is 5.78 Å². The fourth-order valence-electron chi connectivity index (χ4n) is 0.466. The summed E-state index contributed by atoms with van der Waals surface area (Å²) in [6, 6.07) is 0. The number of rotatable bonds is 1. The van der Waals surface area contributed by atoms with Crippen LogP contribution < -0.4 is 0 Å². The molecule has 1 rings (SSSR count). The van der Waals surface area contributed by atoms with Crippen LogP contribution in [-0.4, -0.2) is 11.5 Å². The summed E-state index contributed by atoms with van der Waals surface area (Å²) in [5.41, 5.74) is -1.62. The summed E-state index contributed by atoms with van der Waals surface area (Å²) in [4.78, 5) is 10.3. The average molecular weight is 112 g/mol. The molecular formula is C6H5FO. The van der Waals surface area contributed by atoms with Crippen molar-refractivity contribution in [2.45, 2.75) is 18.5 Å².